The summed E-state index contributed by atoms with van der Waals surface area (Å²) in [7, 11) is 4.57. The van der Waals surface area contributed by atoms with Gasteiger partial charge < -0.3 is 18.9 Å². The maximum absolute atomic E-state index is 13.4. The molecule has 0 unspecified atom stereocenters. The molecule has 2 aromatic heterocycles. The number of esters is 1. The Morgan fingerprint density at radius 2 is 1.64 bits per heavy atom. The molecule has 2 heterocycles. The number of Topliss-reactive ketones (excluding diaryl/α,β-unsaturated/α-hetero) is 1. The van der Waals surface area contributed by atoms with E-state index < -0.39 is 5.97 Å². The second-order valence-corrected chi connectivity index (χ2v) is 7.65. The molecular weight excluding hydrogens is 422 g/mol. The largest absolute Gasteiger partial charge is 0.497 e. The molecule has 0 aliphatic carbocycles. The predicted molar refractivity (Wildman–Crippen MR) is 123 cm³/mol. The van der Waals surface area contributed by atoms with Gasteiger partial charge in [0.05, 0.1) is 20.8 Å². The first-order chi connectivity index (χ1) is 15.8. The standard InChI is InChI=1S/C25H27N3O5/c1-16-22(17(2)27(3)23(16)25(31)33-5)21(29)15-28(14-18-10-12-26-13-11-18)24(30)19-6-8-20(32-4)9-7-19/h6-13H,14-15H2,1-5H3. The third-order valence-electron chi connectivity index (χ3n) is 5.67. The Bertz CT molecular complexity index is 1170. The van der Waals surface area contributed by atoms with Gasteiger partial charge in [-0.2, -0.15) is 0 Å². The lowest BCUT2D eigenvalue weighted by atomic mass is 10.0. The van der Waals surface area contributed by atoms with Gasteiger partial charge in [0.25, 0.3) is 5.91 Å². The van der Waals surface area contributed by atoms with Crippen LogP contribution < -0.4 is 4.74 Å². The van der Waals surface area contributed by atoms with E-state index in [2.05, 4.69) is 4.98 Å². The minimum Gasteiger partial charge on any atom is -0.497 e. The highest BCUT2D eigenvalue weighted by molar-refractivity contribution is 6.06. The van der Waals surface area contributed by atoms with E-state index in [0.29, 0.717) is 33.8 Å². The van der Waals surface area contributed by atoms with Crippen molar-refractivity contribution in [2.45, 2.75) is 20.4 Å². The quantitative estimate of drug-likeness (QED) is 0.387. The van der Waals surface area contributed by atoms with Crippen LogP contribution in [-0.4, -0.2) is 52.9 Å². The molecule has 8 nitrogen and oxygen atoms in total. The molecular formula is C25H27N3O5. The number of hydrogen-bond donors (Lipinski definition) is 0. The number of pyridine rings is 1. The number of rotatable bonds is 8. The molecule has 3 aromatic rings. The average molecular weight is 450 g/mol. The zero-order valence-corrected chi connectivity index (χ0v) is 19.4. The summed E-state index contributed by atoms with van der Waals surface area (Å²) >= 11 is 0. The molecule has 0 aliphatic rings. The SMILES string of the molecule is COC(=O)c1c(C)c(C(=O)CN(Cc2ccncc2)C(=O)c2ccc(OC)cc2)c(C)n1C. The first-order valence-electron chi connectivity index (χ1n) is 10.4. The van der Waals surface area contributed by atoms with Gasteiger partial charge in [-0.05, 0) is 61.4 Å². The zero-order chi connectivity index (χ0) is 24.1. The minimum atomic E-state index is -0.514. The van der Waals surface area contributed by atoms with Crippen LogP contribution in [0.5, 0.6) is 5.75 Å². The maximum atomic E-state index is 13.4. The fourth-order valence-corrected chi connectivity index (χ4v) is 3.85. The number of hydrogen-bond acceptors (Lipinski definition) is 6. The molecule has 3 rings (SSSR count). The van der Waals surface area contributed by atoms with Gasteiger partial charge in [0.15, 0.2) is 5.78 Å². The number of aromatic nitrogens is 2. The molecule has 0 atom stereocenters. The highest BCUT2D eigenvalue weighted by atomic mass is 16.5. The number of carbonyl (C=O) groups is 3. The number of ketones is 1. The van der Waals surface area contributed by atoms with Crippen LogP contribution in [0.3, 0.4) is 0 Å². The van der Waals surface area contributed by atoms with E-state index in [1.807, 2.05) is 0 Å². The van der Waals surface area contributed by atoms with E-state index in [-0.39, 0.29) is 24.8 Å². The normalized spacial score (nSPS) is 10.6. The summed E-state index contributed by atoms with van der Waals surface area (Å²) in [6.45, 7) is 3.56. The summed E-state index contributed by atoms with van der Waals surface area (Å²) in [5, 5.41) is 0. The van der Waals surface area contributed by atoms with Gasteiger partial charge in [-0.25, -0.2) is 4.79 Å². The summed E-state index contributed by atoms with van der Waals surface area (Å²) in [5.74, 6) is -0.428. The summed E-state index contributed by atoms with van der Waals surface area (Å²) in [4.78, 5) is 44.5. The Hall–Kier alpha value is -3.94. The summed E-state index contributed by atoms with van der Waals surface area (Å²) in [5.41, 5.74) is 3.19. The second-order valence-electron chi connectivity index (χ2n) is 7.65. The zero-order valence-electron chi connectivity index (χ0n) is 19.4. The molecule has 172 valence electrons. The van der Waals surface area contributed by atoms with Crippen molar-refractivity contribution in [1.29, 1.82) is 0 Å². The molecule has 1 aromatic carbocycles. The highest BCUT2D eigenvalue weighted by Gasteiger charge is 2.28. The van der Waals surface area contributed by atoms with Gasteiger partial charge in [0, 0.05) is 42.8 Å². The molecule has 0 saturated carbocycles. The van der Waals surface area contributed by atoms with Crippen molar-refractivity contribution in [2.24, 2.45) is 7.05 Å². The van der Waals surface area contributed by atoms with E-state index in [1.54, 1.807) is 81.4 Å². The third kappa shape index (κ3) is 4.95. The Morgan fingerprint density at radius 3 is 2.21 bits per heavy atom. The lowest BCUT2D eigenvalue weighted by Crippen LogP contribution is -2.35. The summed E-state index contributed by atoms with van der Waals surface area (Å²) in [6, 6.07) is 10.3. The van der Waals surface area contributed by atoms with Crippen LogP contribution in [0.1, 0.15) is 48.0 Å². The third-order valence-corrected chi connectivity index (χ3v) is 5.67. The van der Waals surface area contributed by atoms with Gasteiger partial charge in [0.2, 0.25) is 0 Å². The maximum Gasteiger partial charge on any atom is 0.354 e. The van der Waals surface area contributed by atoms with Crippen molar-refractivity contribution < 1.29 is 23.9 Å². The fraction of sp³-hybridized carbons (Fsp3) is 0.280. The summed E-state index contributed by atoms with van der Waals surface area (Å²) in [6.07, 6.45) is 3.28. The molecule has 0 spiro atoms. The number of methoxy groups -OCH3 is 2. The lowest BCUT2D eigenvalue weighted by Gasteiger charge is -2.22. The molecule has 1 amide bonds. The van der Waals surface area contributed by atoms with Crippen LogP contribution in [0.25, 0.3) is 0 Å². The van der Waals surface area contributed by atoms with Crippen molar-refractivity contribution in [1.82, 2.24) is 14.5 Å². The topological polar surface area (TPSA) is 90.7 Å². The second kappa shape index (κ2) is 10.1. The van der Waals surface area contributed by atoms with Crippen molar-refractivity contribution in [2.75, 3.05) is 20.8 Å². The Kier molecular flexibility index (Phi) is 7.27. The number of amides is 1. The Morgan fingerprint density at radius 1 is 1.00 bits per heavy atom. The highest BCUT2D eigenvalue weighted by Crippen LogP contribution is 2.23. The lowest BCUT2D eigenvalue weighted by molar-refractivity contribution is 0.0588. The van der Waals surface area contributed by atoms with Gasteiger partial charge >= 0.3 is 5.97 Å². The molecule has 0 bridgehead atoms. The van der Waals surface area contributed by atoms with Crippen LogP contribution in [0.4, 0.5) is 0 Å². The molecule has 0 fully saturated rings. The van der Waals surface area contributed by atoms with Crippen molar-refractivity contribution >= 4 is 17.7 Å². The summed E-state index contributed by atoms with van der Waals surface area (Å²) < 4.78 is 11.7. The molecule has 0 N–H and O–H groups in total. The monoisotopic (exact) mass is 449 g/mol. The smallest absolute Gasteiger partial charge is 0.354 e. The molecule has 0 saturated heterocycles. The van der Waals surface area contributed by atoms with Gasteiger partial charge in [-0.3, -0.25) is 14.6 Å². The average Bonchev–Trinajstić information content (AvgIpc) is 3.06. The number of ether oxygens (including phenoxy) is 2. The fourth-order valence-electron chi connectivity index (χ4n) is 3.85. The Labute approximate surface area is 192 Å². The molecule has 0 aliphatic heterocycles. The number of carbonyl (C=O) groups excluding carboxylic acids is 3. The van der Waals surface area contributed by atoms with Gasteiger partial charge in [0.1, 0.15) is 11.4 Å². The van der Waals surface area contributed by atoms with E-state index in [0.717, 1.165) is 5.56 Å². The van der Waals surface area contributed by atoms with Crippen LogP contribution in [0.2, 0.25) is 0 Å². The van der Waals surface area contributed by atoms with Gasteiger partial charge in [-0.1, -0.05) is 0 Å². The molecule has 0 radical (unpaired) electrons. The van der Waals surface area contributed by atoms with Crippen molar-refractivity contribution in [3.05, 3.63) is 82.4 Å². The van der Waals surface area contributed by atoms with E-state index in [9.17, 15) is 14.4 Å². The Balaban J connectivity index is 1.95. The minimum absolute atomic E-state index is 0.153. The molecule has 33 heavy (non-hydrogen) atoms. The van der Waals surface area contributed by atoms with Gasteiger partial charge in [-0.15, -0.1) is 0 Å². The van der Waals surface area contributed by atoms with Crippen LogP contribution >= 0.6 is 0 Å². The number of benzene rings is 1. The van der Waals surface area contributed by atoms with Crippen LogP contribution in [0, 0.1) is 13.8 Å². The molecule has 8 heteroatoms. The van der Waals surface area contributed by atoms with Crippen LogP contribution in [0.15, 0.2) is 48.8 Å². The first kappa shape index (κ1) is 23.7. The van der Waals surface area contributed by atoms with E-state index in [1.165, 1.54) is 12.0 Å². The van der Waals surface area contributed by atoms with Crippen molar-refractivity contribution in [3.63, 3.8) is 0 Å². The van der Waals surface area contributed by atoms with E-state index in [4.69, 9.17) is 9.47 Å². The van der Waals surface area contributed by atoms with E-state index >= 15 is 0 Å². The van der Waals surface area contributed by atoms with Crippen LogP contribution in [-0.2, 0) is 18.3 Å². The number of nitrogens with zero attached hydrogens (tertiary/aromatic N) is 3. The van der Waals surface area contributed by atoms with Crippen molar-refractivity contribution in [3.8, 4) is 5.75 Å². The first-order valence-corrected chi connectivity index (χ1v) is 10.4. The predicted octanol–water partition coefficient (Wildman–Crippen LogP) is 3.36.